The molecule has 0 saturated carbocycles. The Hall–Kier alpha value is -2.07. The van der Waals surface area contributed by atoms with Crippen molar-refractivity contribution in [3.05, 3.63) is 28.3 Å². The molecule has 1 aromatic carbocycles. The lowest BCUT2D eigenvalue weighted by molar-refractivity contribution is -0.384. The zero-order valence-electron chi connectivity index (χ0n) is 9.88. The number of nitrogens with zero attached hydrogens (tertiary/aromatic N) is 1. The van der Waals surface area contributed by atoms with Crippen molar-refractivity contribution in [1.82, 2.24) is 0 Å². The Kier molecular flexibility index (Phi) is 3.93. The van der Waals surface area contributed by atoms with Crippen LogP contribution < -0.4 is 5.32 Å². The standard InChI is InChI=1S/C11H12N2O4S/c1-4-8(2)12-10-6-5-9(18(3,16)17)7-11(10)13(14)15/h1,5-8,12H,2-3H3. The van der Waals surface area contributed by atoms with E-state index in [0.717, 1.165) is 12.3 Å². The van der Waals surface area contributed by atoms with Gasteiger partial charge < -0.3 is 5.32 Å². The van der Waals surface area contributed by atoms with Gasteiger partial charge in [-0.15, -0.1) is 6.42 Å². The number of anilines is 1. The normalized spacial score (nSPS) is 12.5. The van der Waals surface area contributed by atoms with Gasteiger partial charge in [-0.3, -0.25) is 10.1 Å². The molecule has 0 fully saturated rings. The minimum absolute atomic E-state index is 0.104. The first-order valence-electron chi connectivity index (χ1n) is 4.97. The maximum Gasteiger partial charge on any atom is 0.293 e. The third-order valence-corrected chi connectivity index (χ3v) is 3.33. The number of sulfone groups is 1. The minimum atomic E-state index is -3.48. The lowest BCUT2D eigenvalue weighted by Crippen LogP contribution is -2.13. The lowest BCUT2D eigenvalue weighted by atomic mass is 10.2. The molecule has 0 radical (unpaired) electrons. The number of terminal acetylenes is 1. The highest BCUT2D eigenvalue weighted by atomic mass is 32.2. The van der Waals surface area contributed by atoms with E-state index in [1.165, 1.54) is 12.1 Å². The first kappa shape index (κ1) is 14.0. The molecule has 6 nitrogen and oxygen atoms in total. The molecule has 7 heteroatoms. The molecular weight excluding hydrogens is 256 g/mol. The van der Waals surface area contributed by atoms with E-state index in [1.807, 2.05) is 0 Å². The number of nitro groups is 1. The van der Waals surface area contributed by atoms with Gasteiger partial charge in [0.1, 0.15) is 5.69 Å². The highest BCUT2D eigenvalue weighted by Crippen LogP contribution is 2.27. The van der Waals surface area contributed by atoms with Crippen molar-refractivity contribution < 1.29 is 13.3 Å². The molecule has 1 aromatic rings. The predicted molar refractivity (Wildman–Crippen MR) is 68.1 cm³/mol. The van der Waals surface area contributed by atoms with E-state index in [4.69, 9.17) is 6.42 Å². The van der Waals surface area contributed by atoms with E-state index in [2.05, 4.69) is 11.2 Å². The van der Waals surface area contributed by atoms with E-state index in [0.29, 0.717) is 0 Å². The molecule has 0 amide bonds. The van der Waals surface area contributed by atoms with Crippen molar-refractivity contribution in [2.75, 3.05) is 11.6 Å². The minimum Gasteiger partial charge on any atom is -0.366 e. The summed E-state index contributed by atoms with van der Waals surface area (Å²) in [7, 11) is -3.48. The number of benzene rings is 1. The summed E-state index contributed by atoms with van der Waals surface area (Å²) in [6, 6.07) is 3.25. The molecule has 0 spiro atoms. The van der Waals surface area contributed by atoms with Crippen molar-refractivity contribution in [2.45, 2.75) is 17.9 Å². The molecule has 18 heavy (non-hydrogen) atoms. The van der Waals surface area contributed by atoms with Crippen LogP contribution in [0.25, 0.3) is 0 Å². The Balaban J connectivity index is 3.31. The van der Waals surface area contributed by atoms with Crippen LogP contribution in [-0.4, -0.2) is 25.6 Å². The summed E-state index contributed by atoms with van der Waals surface area (Å²) in [5, 5.41) is 13.6. The lowest BCUT2D eigenvalue weighted by Gasteiger charge is -2.10. The molecule has 0 saturated heterocycles. The largest absolute Gasteiger partial charge is 0.366 e. The van der Waals surface area contributed by atoms with Gasteiger partial charge in [-0.25, -0.2) is 8.42 Å². The fraction of sp³-hybridized carbons (Fsp3) is 0.273. The molecule has 1 N–H and O–H groups in total. The van der Waals surface area contributed by atoms with Gasteiger partial charge in [0.2, 0.25) is 0 Å². The van der Waals surface area contributed by atoms with E-state index >= 15 is 0 Å². The summed E-state index contributed by atoms with van der Waals surface area (Å²) in [4.78, 5) is 10.1. The molecule has 0 aliphatic carbocycles. The maximum atomic E-state index is 11.3. The van der Waals surface area contributed by atoms with Crippen LogP contribution in [0.5, 0.6) is 0 Å². The second-order valence-electron chi connectivity index (χ2n) is 3.74. The summed E-state index contributed by atoms with van der Waals surface area (Å²) >= 11 is 0. The fourth-order valence-corrected chi connectivity index (χ4v) is 1.93. The third kappa shape index (κ3) is 3.21. The van der Waals surface area contributed by atoms with Gasteiger partial charge in [-0.05, 0) is 19.1 Å². The van der Waals surface area contributed by atoms with E-state index < -0.39 is 20.8 Å². The molecule has 0 aromatic heterocycles. The molecule has 1 atom stereocenters. The summed E-state index contributed by atoms with van der Waals surface area (Å²) < 4.78 is 22.6. The molecule has 1 unspecified atom stereocenters. The van der Waals surface area contributed by atoms with Gasteiger partial charge in [0, 0.05) is 12.3 Å². The van der Waals surface area contributed by atoms with Crippen molar-refractivity contribution in [1.29, 1.82) is 0 Å². The first-order chi connectivity index (χ1) is 8.25. The SMILES string of the molecule is C#CC(C)Nc1ccc(S(C)(=O)=O)cc1[N+](=O)[O-]. The van der Waals surface area contributed by atoms with Gasteiger partial charge >= 0.3 is 0 Å². The molecular formula is C11H12N2O4S. The van der Waals surface area contributed by atoms with E-state index in [1.54, 1.807) is 6.92 Å². The number of hydrogen-bond donors (Lipinski definition) is 1. The Morgan fingerprint density at radius 1 is 1.50 bits per heavy atom. The van der Waals surface area contributed by atoms with Gasteiger partial charge in [0.15, 0.2) is 9.84 Å². The van der Waals surface area contributed by atoms with E-state index in [9.17, 15) is 18.5 Å². The molecule has 1 rings (SSSR count). The molecule has 96 valence electrons. The number of nitro benzene ring substituents is 1. The number of rotatable bonds is 4. The van der Waals surface area contributed by atoms with E-state index in [-0.39, 0.29) is 16.3 Å². The van der Waals surface area contributed by atoms with Gasteiger partial charge in [0.25, 0.3) is 5.69 Å². The quantitative estimate of drug-likeness (QED) is 0.507. The number of nitrogens with one attached hydrogen (secondary N) is 1. The van der Waals surface area contributed by atoms with Crippen LogP contribution in [0.3, 0.4) is 0 Å². The summed E-state index contributed by atoms with van der Waals surface area (Å²) in [5.41, 5.74) is -0.127. The second kappa shape index (κ2) is 5.06. The first-order valence-corrected chi connectivity index (χ1v) is 6.86. The van der Waals surface area contributed by atoms with Crippen LogP contribution in [0.15, 0.2) is 23.1 Å². The second-order valence-corrected chi connectivity index (χ2v) is 5.76. The Bertz CT molecular complexity index is 616. The smallest absolute Gasteiger partial charge is 0.293 e. The fourth-order valence-electron chi connectivity index (χ4n) is 1.29. The van der Waals surface area contributed by atoms with Crippen molar-refractivity contribution in [3.8, 4) is 12.3 Å². The third-order valence-electron chi connectivity index (χ3n) is 2.22. The monoisotopic (exact) mass is 268 g/mol. The van der Waals surface area contributed by atoms with Crippen LogP contribution in [0.2, 0.25) is 0 Å². The van der Waals surface area contributed by atoms with Gasteiger partial charge in [-0.2, -0.15) is 0 Å². The molecule has 0 heterocycles. The highest BCUT2D eigenvalue weighted by Gasteiger charge is 2.19. The summed E-state index contributed by atoms with van der Waals surface area (Å²) in [6.07, 6.45) is 6.16. The maximum absolute atomic E-state index is 11.3. The Morgan fingerprint density at radius 3 is 2.56 bits per heavy atom. The van der Waals surface area contributed by atoms with Gasteiger partial charge in [-0.1, -0.05) is 5.92 Å². The molecule has 0 aliphatic heterocycles. The van der Waals surface area contributed by atoms with Crippen LogP contribution >= 0.6 is 0 Å². The average Bonchev–Trinajstić information content (AvgIpc) is 2.27. The Labute approximate surface area is 105 Å². The summed E-state index contributed by atoms with van der Waals surface area (Å²) in [6.45, 7) is 1.66. The van der Waals surface area contributed by atoms with Crippen LogP contribution in [-0.2, 0) is 9.84 Å². The van der Waals surface area contributed by atoms with Crippen LogP contribution in [0, 0.1) is 22.5 Å². The molecule has 0 aliphatic rings. The summed E-state index contributed by atoms with van der Waals surface area (Å²) in [5.74, 6) is 2.37. The van der Waals surface area contributed by atoms with Gasteiger partial charge in [0.05, 0.1) is 15.9 Å². The predicted octanol–water partition coefficient (Wildman–Crippen LogP) is 1.43. The van der Waals surface area contributed by atoms with Crippen molar-refractivity contribution >= 4 is 21.2 Å². The van der Waals surface area contributed by atoms with Crippen LogP contribution in [0.4, 0.5) is 11.4 Å². The van der Waals surface area contributed by atoms with Crippen LogP contribution in [0.1, 0.15) is 6.92 Å². The Morgan fingerprint density at radius 2 is 2.11 bits per heavy atom. The zero-order valence-corrected chi connectivity index (χ0v) is 10.7. The topological polar surface area (TPSA) is 89.3 Å². The highest BCUT2D eigenvalue weighted by molar-refractivity contribution is 7.90. The van der Waals surface area contributed by atoms with Crippen molar-refractivity contribution in [3.63, 3.8) is 0 Å². The zero-order chi connectivity index (χ0) is 13.9. The average molecular weight is 268 g/mol. The number of hydrogen-bond acceptors (Lipinski definition) is 5. The van der Waals surface area contributed by atoms with Crippen molar-refractivity contribution in [2.24, 2.45) is 0 Å². The molecule has 0 bridgehead atoms.